The number of ether oxygens (including phenoxy) is 4. The summed E-state index contributed by atoms with van der Waals surface area (Å²) >= 11 is 0. The van der Waals surface area contributed by atoms with Crippen LogP contribution in [0, 0.1) is 0 Å². The highest BCUT2D eigenvalue weighted by Gasteiger charge is 2.17. The Morgan fingerprint density at radius 3 is 2.04 bits per heavy atom. The Morgan fingerprint density at radius 1 is 0.893 bits per heavy atom. The fourth-order valence-corrected chi connectivity index (χ4v) is 2.66. The standard InChI is InChI=1S/C20H23NO7/c1-25-14-7-12(8-15(11-14)26-2)5-6-18(22)21-16-9-13(20(23)24)10-17(27-3)19(16)28-4/h7-11H,5-6H2,1-4H3,(H,21,22)(H,23,24). The first-order chi connectivity index (χ1) is 13.4. The van der Waals surface area contributed by atoms with Crippen molar-refractivity contribution in [1.82, 2.24) is 0 Å². The molecule has 0 aromatic heterocycles. The van der Waals surface area contributed by atoms with Crippen molar-refractivity contribution in [2.45, 2.75) is 12.8 Å². The molecule has 8 nitrogen and oxygen atoms in total. The van der Waals surface area contributed by atoms with E-state index in [0.29, 0.717) is 17.9 Å². The fourth-order valence-electron chi connectivity index (χ4n) is 2.66. The molecule has 0 aliphatic heterocycles. The lowest BCUT2D eigenvalue weighted by atomic mass is 10.1. The zero-order valence-corrected chi connectivity index (χ0v) is 16.2. The number of methoxy groups -OCH3 is 4. The van der Waals surface area contributed by atoms with Crippen molar-refractivity contribution >= 4 is 17.6 Å². The van der Waals surface area contributed by atoms with Gasteiger partial charge in [0.05, 0.1) is 39.7 Å². The summed E-state index contributed by atoms with van der Waals surface area (Å²) in [5, 5.41) is 11.9. The van der Waals surface area contributed by atoms with Crippen LogP contribution in [0.5, 0.6) is 23.0 Å². The van der Waals surface area contributed by atoms with Gasteiger partial charge in [-0.3, -0.25) is 4.79 Å². The molecule has 2 N–H and O–H groups in total. The van der Waals surface area contributed by atoms with Gasteiger partial charge in [0.2, 0.25) is 5.91 Å². The molecule has 0 bridgehead atoms. The normalized spacial score (nSPS) is 10.1. The number of benzene rings is 2. The summed E-state index contributed by atoms with van der Waals surface area (Å²) in [5.41, 5.74) is 1.08. The summed E-state index contributed by atoms with van der Waals surface area (Å²) in [7, 11) is 5.92. The molecule has 0 aliphatic rings. The van der Waals surface area contributed by atoms with E-state index in [9.17, 15) is 14.7 Å². The average Bonchev–Trinajstić information content (AvgIpc) is 2.71. The van der Waals surface area contributed by atoms with E-state index >= 15 is 0 Å². The Morgan fingerprint density at radius 2 is 1.54 bits per heavy atom. The van der Waals surface area contributed by atoms with Crippen LogP contribution in [0.3, 0.4) is 0 Å². The Balaban J connectivity index is 2.17. The van der Waals surface area contributed by atoms with E-state index in [1.807, 2.05) is 12.1 Å². The fraction of sp³-hybridized carbons (Fsp3) is 0.300. The van der Waals surface area contributed by atoms with E-state index in [4.69, 9.17) is 18.9 Å². The number of carbonyl (C=O) groups excluding carboxylic acids is 1. The SMILES string of the molecule is COc1cc(CCC(=O)Nc2cc(C(=O)O)cc(OC)c2OC)cc(OC)c1. The molecule has 0 radical (unpaired) electrons. The number of anilines is 1. The summed E-state index contributed by atoms with van der Waals surface area (Å²) in [6.45, 7) is 0. The lowest BCUT2D eigenvalue weighted by Gasteiger charge is -2.15. The van der Waals surface area contributed by atoms with Crippen molar-refractivity contribution in [3.8, 4) is 23.0 Å². The number of carboxylic acid groups (broad SMARTS) is 1. The molecule has 0 spiro atoms. The molecular weight excluding hydrogens is 366 g/mol. The predicted molar refractivity (Wildman–Crippen MR) is 103 cm³/mol. The van der Waals surface area contributed by atoms with Gasteiger partial charge in [-0.05, 0) is 36.2 Å². The van der Waals surface area contributed by atoms with Crippen molar-refractivity contribution < 1.29 is 33.6 Å². The number of rotatable bonds is 9. The van der Waals surface area contributed by atoms with Crippen molar-refractivity contribution in [1.29, 1.82) is 0 Å². The van der Waals surface area contributed by atoms with E-state index in [-0.39, 0.29) is 35.1 Å². The Hall–Kier alpha value is -3.42. The first kappa shape index (κ1) is 20.9. The summed E-state index contributed by atoms with van der Waals surface area (Å²) in [5.74, 6) is 0.300. The molecule has 0 aliphatic carbocycles. The number of carboxylic acids is 1. The van der Waals surface area contributed by atoms with E-state index < -0.39 is 5.97 Å². The average molecular weight is 389 g/mol. The first-order valence-corrected chi connectivity index (χ1v) is 8.43. The number of aromatic carboxylic acids is 1. The Kier molecular flexibility index (Phi) is 7.08. The van der Waals surface area contributed by atoms with E-state index in [0.717, 1.165) is 5.56 Å². The minimum absolute atomic E-state index is 0.0227. The molecule has 0 unspecified atom stereocenters. The van der Waals surface area contributed by atoms with Crippen LogP contribution in [0.25, 0.3) is 0 Å². The molecule has 2 rings (SSSR count). The van der Waals surface area contributed by atoms with Crippen LogP contribution in [-0.4, -0.2) is 45.4 Å². The van der Waals surface area contributed by atoms with Crippen molar-refractivity contribution in [2.75, 3.05) is 33.8 Å². The molecule has 0 heterocycles. The lowest BCUT2D eigenvalue weighted by Crippen LogP contribution is -2.14. The smallest absolute Gasteiger partial charge is 0.335 e. The number of nitrogens with one attached hydrogen (secondary N) is 1. The maximum Gasteiger partial charge on any atom is 0.335 e. The summed E-state index contributed by atoms with van der Waals surface area (Å²) in [6, 6.07) is 8.06. The quantitative estimate of drug-likeness (QED) is 0.679. The molecule has 0 saturated heterocycles. The zero-order chi connectivity index (χ0) is 20.7. The highest BCUT2D eigenvalue weighted by molar-refractivity contribution is 5.96. The molecule has 8 heteroatoms. The van der Waals surface area contributed by atoms with Gasteiger partial charge >= 0.3 is 5.97 Å². The van der Waals surface area contributed by atoms with Crippen molar-refractivity contribution in [3.05, 3.63) is 41.5 Å². The highest BCUT2D eigenvalue weighted by Crippen LogP contribution is 2.36. The van der Waals surface area contributed by atoms with Gasteiger partial charge in [-0.1, -0.05) is 0 Å². The topological polar surface area (TPSA) is 103 Å². The largest absolute Gasteiger partial charge is 0.497 e. The van der Waals surface area contributed by atoms with Gasteiger partial charge in [0.15, 0.2) is 11.5 Å². The second-order valence-corrected chi connectivity index (χ2v) is 5.83. The molecule has 0 fully saturated rings. The van der Waals surface area contributed by atoms with Gasteiger partial charge in [-0.2, -0.15) is 0 Å². The number of hydrogen-bond acceptors (Lipinski definition) is 6. The minimum Gasteiger partial charge on any atom is -0.497 e. The van der Waals surface area contributed by atoms with Crippen molar-refractivity contribution in [3.63, 3.8) is 0 Å². The van der Waals surface area contributed by atoms with Gasteiger partial charge in [0, 0.05) is 12.5 Å². The predicted octanol–water partition coefficient (Wildman–Crippen LogP) is 2.99. The Bertz CT molecular complexity index is 842. The van der Waals surface area contributed by atoms with Crippen LogP contribution >= 0.6 is 0 Å². The second-order valence-electron chi connectivity index (χ2n) is 5.83. The molecular formula is C20H23NO7. The molecule has 28 heavy (non-hydrogen) atoms. The summed E-state index contributed by atoms with van der Waals surface area (Å²) in [4.78, 5) is 23.7. The molecule has 1 amide bonds. The molecule has 2 aromatic carbocycles. The third-order valence-electron chi connectivity index (χ3n) is 4.05. The van der Waals surface area contributed by atoms with Gasteiger partial charge in [-0.15, -0.1) is 0 Å². The molecule has 2 aromatic rings. The number of amides is 1. The van der Waals surface area contributed by atoms with Crippen LogP contribution in [-0.2, 0) is 11.2 Å². The van der Waals surface area contributed by atoms with Crippen LogP contribution in [0.15, 0.2) is 30.3 Å². The van der Waals surface area contributed by atoms with Crippen molar-refractivity contribution in [2.24, 2.45) is 0 Å². The van der Waals surface area contributed by atoms with Crippen LogP contribution in [0.2, 0.25) is 0 Å². The van der Waals surface area contributed by atoms with E-state index in [1.54, 1.807) is 20.3 Å². The maximum absolute atomic E-state index is 12.4. The number of carbonyl (C=O) groups is 2. The highest BCUT2D eigenvalue weighted by atomic mass is 16.5. The van der Waals surface area contributed by atoms with E-state index in [2.05, 4.69) is 5.32 Å². The van der Waals surface area contributed by atoms with Gasteiger partial charge in [0.25, 0.3) is 0 Å². The molecule has 0 saturated carbocycles. The van der Waals surface area contributed by atoms with Gasteiger partial charge in [0.1, 0.15) is 11.5 Å². The van der Waals surface area contributed by atoms with Crippen LogP contribution < -0.4 is 24.3 Å². The monoisotopic (exact) mass is 389 g/mol. The van der Waals surface area contributed by atoms with Gasteiger partial charge < -0.3 is 29.4 Å². The second kappa shape index (κ2) is 9.50. The lowest BCUT2D eigenvalue weighted by molar-refractivity contribution is -0.116. The van der Waals surface area contributed by atoms with Crippen LogP contribution in [0.1, 0.15) is 22.3 Å². The zero-order valence-electron chi connectivity index (χ0n) is 16.2. The number of aryl methyl sites for hydroxylation is 1. The van der Waals surface area contributed by atoms with Crippen LogP contribution in [0.4, 0.5) is 5.69 Å². The van der Waals surface area contributed by atoms with Gasteiger partial charge in [-0.25, -0.2) is 4.79 Å². The first-order valence-electron chi connectivity index (χ1n) is 8.43. The molecule has 0 atom stereocenters. The minimum atomic E-state index is -1.14. The number of hydrogen-bond donors (Lipinski definition) is 2. The third kappa shape index (κ3) is 5.06. The summed E-state index contributed by atoms with van der Waals surface area (Å²) in [6.07, 6.45) is 0.608. The third-order valence-corrected chi connectivity index (χ3v) is 4.05. The molecule has 150 valence electrons. The maximum atomic E-state index is 12.4. The Labute approximate surface area is 163 Å². The van der Waals surface area contributed by atoms with E-state index in [1.165, 1.54) is 26.4 Å². The summed E-state index contributed by atoms with van der Waals surface area (Å²) < 4.78 is 20.9.